The molecule has 0 saturated heterocycles. The van der Waals surface area contributed by atoms with Crippen molar-refractivity contribution in [1.29, 1.82) is 0 Å². The SMILES string of the molecule is CC[C@H](C)[C@@H](C(=O)N[C@H]1C(=O)N[C@H]([C@H](O)c2ccccc2)C(=O)N/C=C\c2ccc(cc2)O[C@@H]1c1ccccc1)N(C)C. The maximum absolute atomic E-state index is 14.3. The quantitative estimate of drug-likeness (QED) is 0.321. The summed E-state index contributed by atoms with van der Waals surface area (Å²) in [5.41, 5.74) is 1.90. The first-order valence-electron chi connectivity index (χ1n) is 14.5. The van der Waals surface area contributed by atoms with Crippen LogP contribution in [0.4, 0.5) is 0 Å². The maximum atomic E-state index is 14.3. The first kappa shape index (κ1) is 31.5. The van der Waals surface area contributed by atoms with Gasteiger partial charge in [0, 0.05) is 6.20 Å². The van der Waals surface area contributed by atoms with E-state index in [0.717, 1.165) is 12.0 Å². The van der Waals surface area contributed by atoms with E-state index in [4.69, 9.17) is 4.74 Å². The molecule has 0 aliphatic carbocycles. The van der Waals surface area contributed by atoms with Crippen molar-refractivity contribution in [3.63, 3.8) is 0 Å². The van der Waals surface area contributed by atoms with Crippen molar-refractivity contribution < 1.29 is 24.2 Å². The Morgan fingerprint density at radius 3 is 2.19 bits per heavy atom. The molecule has 2 aliphatic heterocycles. The minimum atomic E-state index is -1.38. The zero-order chi connectivity index (χ0) is 30.9. The third-order valence-electron chi connectivity index (χ3n) is 7.70. The number of benzene rings is 3. The van der Waals surface area contributed by atoms with E-state index in [1.807, 2.05) is 75.3 Å². The molecule has 226 valence electrons. The smallest absolute Gasteiger partial charge is 0.249 e. The highest BCUT2D eigenvalue weighted by atomic mass is 16.5. The van der Waals surface area contributed by atoms with Crippen LogP contribution < -0.4 is 20.7 Å². The summed E-state index contributed by atoms with van der Waals surface area (Å²) in [5.74, 6) is -1.18. The van der Waals surface area contributed by atoms with Gasteiger partial charge in [-0.25, -0.2) is 0 Å². The van der Waals surface area contributed by atoms with Gasteiger partial charge in [0.2, 0.25) is 17.7 Å². The highest BCUT2D eigenvalue weighted by Gasteiger charge is 2.39. The van der Waals surface area contributed by atoms with Gasteiger partial charge in [0.05, 0.1) is 6.04 Å². The molecule has 0 unspecified atom stereocenters. The second-order valence-electron chi connectivity index (χ2n) is 11.0. The summed E-state index contributed by atoms with van der Waals surface area (Å²) in [7, 11) is 3.64. The fourth-order valence-electron chi connectivity index (χ4n) is 5.20. The van der Waals surface area contributed by atoms with Crippen LogP contribution in [0.1, 0.15) is 49.2 Å². The van der Waals surface area contributed by atoms with Crippen molar-refractivity contribution in [2.45, 2.75) is 50.6 Å². The Morgan fingerprint density at radius 2 is 1.58 bits per heavy atom. The van der Waals surface area contributed by atoms with Crippen molar-refractivity contribution in [3.05, 3.63) is 108 Å². The lowest BCUT2D eigenvalue weighted by Gasteiger charge is -2.34. The van der Waals surface area contributed by atoms with Gasteiger partial charge in [-0.3, -0.25) is 19.3 Å². The van der Waals surface area contributed by atoms with Gasteiger partial charge in [0.1, 0.15) is 23.9 Å². The van der Waals surface area contributed by atoms with E-state index >= 15 is 0 Å². The van der Waals surface area contributed by atoms with Gasteiger partial charge in [-0.2, -0.15) is 0 Å². The van der Waals surface area contributed by atoms with Gasteiger partial charge in [-0.15, -0.1) is 0 Å². The maximum Gasteiger partial charge on any atom is 0.249 e. The molecule has 4 N–H and O–H groups in total. The first-order chi connectivity index (χ1) is 20.7. The number of nitrogens with one attached hydrogen (secondary N) is 3. The summed E-state index contributed by atoms with van der Waals surface area (Å²) in [4.78, 5) is 43.4. The molecule has 5 rings (SSSR count). The minimum Gasteiger partial charge on any atom is -0.483 e. The summed E-state index contributed by atoms with van der Waals surface area (Å²) >= 11 is 0. The van der Waals surface area contributed by atoms with Crippen molar-refractivity contribution in [3.8, 4) is 5.75 Å². The molecule has 43 heavy (non-hydrogen) atoms. The predicted molar refractivity (Wildman–Crippen MR) is 166 cm³/mol. The Hall–Kier alpha value is -4.47. The third kappa shape index (κ3) is 7.88. The van der Waals surface area contributed by atoms with Crippen LogP contribution in [0, 0.1) is 5.92 Å². The molecule has 0 radical (unpaired) electrons. The van der Waals surface area contributed by atoms with Crippen LogP contribution in [0.3, 0.4) is 0 Å². The van der Waals surface area contributed by atoms with Gasteiger partial charge in [-0.1, -0.05) is 93.1 Å². The molecule has 0 aromatic heterocycles. The zero-order valence-electron chi connectivity index (χ0n) is 24.9. The number of carbonyl (C=O) groups excluding carboxylic acids is 3. The molecule has 3 aromatic rings. The molecule has 3 aromatic carbocycles. The van der Waals surface area contributed by atoms with Gasteiger partial charge < -0.3 is 25.8 Å². The van der Waals surface area contributed by atoms with Crippen molar-refractivity contribution >= 4 is 23.8 Å². The number of aliphatic hydroxyl groups is 1. The second-order valence-corrected chi connectivity index (χ2v) is 11.0. The number of hydrogen-bond acceptors (Lipinski definition) is 6. The molecule has 0 saturated carbocycles. The molecule has 3 amide bonds. The van der Waals surface area contributed by atoms with Crippen LogP contribution in [0.5, 0.6) is 5.75 Å². The van der Waals surface area contributed by atoms with Crippen LogP contribution in [0.15, 0.2) is 91.1 Å². The minimum absolute atomic E-state index is 0.00887. The Kier molecular flexibility index (Phi) is 10.7. The molecule has 0 fully saturated rings. The van der Waals surface area contributed by atoms with Crippen LogP contribution >= 0.6 is 0 Å². The number of rotatable bonds is 8. The fraction of sp³-hybridized carbons (Fsp3) is 0.324. The molecule has 2 heterocycles. The lowest BCUT2D eigenvalue weighted by Crippen LogP contribution is -2.60. The third-order valence-corrected chi connectivity index (χ3v) is 7.70. The average molecular weight is 585 g/mol. The van der Waals surface area contributed by atoms with Gasteiger partial charge in [0.15, 0.2) is 6.10 Å². The van der Waals surface area contributed by atoms with Crippen LogP contribution in [0.2, 0.25) is 0 Å². The highest BCUT2D eigenvalue weighted by Crippen LogP contribution is 2.28. The molecular weight excluding hydrogens is 544 g/mol. The highest BCUT2D eigenvalue weighted by molar-refractivity contribution is 5.94. The van der Waals surface area contributed by atoms with Crippen LogP contribution in [0.25, 0.3) is 6.08 Å². The number of amides is 3. The lowest BCUT2D eigenvalue weighted by molar-refractivity contribution is -0.137. The molecule has 0 spiro atoms. The molecular formula is C34H40N4O5. The number of carbonyl (C=O) groups is 3. The fourth-order valence-corrected chi connectivity index (χ4v) is 5.20. The summed E-state index contributed by atoms with van der Waals surface area (Å²) in [6.07, 6.45) is 1.58. The Morgan fingerprint density at radius 1 is 0.953 bits per heavy atom. The second kappa shape index (κ2) is 14.6. The predicted octanol–water partition coefficient (Wildman–Crippen LogP) is 3.59. The topological polar surface area (TPSA) is 120 Å². The summed E-state index contributed by atoms with van der Waals surface area (Å²) in [6, 6.07) is 21.8. The van der Waals surface area contributed by atoms with E-state index in [1.54, 1.807) is 48.5 Å². The Bertz CT molecular complexity index is 1400. The zero-order valence-corrected chi connectivity index (χ0v) is 24.9. The standard InChI is InChI=1S/C34H40N4O5/c1-5-22(2)29(38(3)4)34(42)37-28-31(25-14-10-7-11-15-25)43-26-18-16-23(17-19-26)20-21-35-32(40)27(36-33(28)41)30(39)24-12-8-6-9-13-24/h6-22,27-31,39H,5H2,1-4H3,(H,35,40)(H,36,41)(H,37,42)/b21-20-/t22-,27+,28+,29-,30+,31+/m0/s1. The average Bonchev–Trinajstić information content (AvgIpc) is 3.02. The Labute approximate surface area is 252 Å². The van der Waals surface area contributed by atoms with E-state index in [1.165, 1.54) is 6.20 Å². The molecule has 2 aliphatic rings. The Balaban J connectivity index is 1.82. The van der Waals surface area contributed by atoms with E-state index in [9.17, 15) is 19.5 Å². The molecule has 2 bridgehead atoms. The van der Waals surface area contributed by atoms with Crippen molar-refractivity contribution in [1.82, 2.24) is 20.9 Å². The number of nitrogens with zero attached hydrogens (tertiary/aromatic N) is 1. The van der Waals surface area contributed by atoms with Gasteiger partial charge >= 0.3 is 0 Å². The van der Waals surface area contributed by atoms with E-state index in [2.05, 4.69) is 16.0 Å². The summed E-state index contributed by atoms with van der Waals surface area (Å²) < 4.78 is 6.44. The number of aliphatic hydroxyl groups excluding tert-OH is 1. The number of likely N-dealkylation sites (N-methyl/N-ethyl adjacent to an activating group) is 1. The largest absolute Gasteiger partial charge is 0.483 e. The number of hydrogen-bond donors (Lipinski definition) is 4. The summed E-state index contributed by atoms with van der Waals surface area (Å²) in [5, 5.41) is 19.7. The summed E-state index contributed by atoms with van der Waals surface area (Å²) in [6.45, 7) is 3.99. The van der Waals surface area contributed by atoms with E-state index in [0.29, 0.717) is 16.9 Å². The lowest BCUT2D eigenvalue weighted by atomic mass is 9.95. The van der Waals surface area contributed by atoms with Gasteiger partial charge in [0.25, 0.3) is 0 Å². The van der Waals surface area contributed by atoms with E-state index in [-0.39, 0.29) is 11.8 Å². The van der Waals surface area contributed by atoms with Crippen molar-refractivity contribution in [2.75, 3.05) is 14.1 Å². The number of ether oxygens (including phenoxy) is 1. The van der Waals surface area contributed by atoms with Crippen LogP contribution in [-0.2, 0) is 14.4 Å². The normalized spacial score (nSPS) is 21.9. The molecule has 6 atom stereocenters. The first-order valence-corrected chi connectivity index (χ1v) is 14.5. The molecule has 9 heteroatoms. The monoisotopic (exact) mass is 584 g/mol. The molecule has 9 nitrogen and oxygen atoms in total. The van der Waals surface area contributed by atoms with E-state index < -0.39 is 42.1 Å². The van der Waals surface area contributed by atoms with Crippen LogP contribution in [-0.4, -0.2) is 59.9 Å². The number of fused-ring (bicyclic) bond motifs is 10. The van der Waals surface area contributed by atoms with Gasteiger partial charge in [-0.05, 0) is 54.9 Å². The van der Waals surface area contributed by atoms with Crippen molar-refractivity contribution in [2.24, 2.45) is 5.92 Å².